The second-order valence-corrected chi connectivity index (χ2v) is 8.59. The third kappa shape index (κ3) is 4.88. The average molecular weight is 434 g/mol. The lowest BCUT2D eigenvalue weighted by Crippen LogP contribution is -2.35. The molecule has 0 unspecified atom stereocenters. The summed E-state index contributed by atoms with van der Waals surface area (Å²) in [5.41, 5.74) is 5.93. The van der Waals surface area contributed by atoms with E-state index >= 15 is 0 Å². The van der Waals surface area contributed by atoms with Crippen molar-refractivity contribution in [2.24, 2.45) is 0 Å². The van der Waals surface area contributed by atoms with Gasteiger partial charge >= 0.3 is 0 Å². The molecular weight excluding hydrogens is 402 g/mol. The van der Waals surface area contributed by atoms with Crippen molar-refractivity contribution in [3.63, 3.8) is 0 Å². The normalized spacial score (nSPS) is 11.0. The van der Waals surface area contributed by atoms with Crippen molar-refractivity contribution in [2.75, 3.05) is 18.9 Å². The lowest BCUT2D eigenvalue weighted by atomic mass is 10.0. The van der Waals surface area contributed by atoms with E-state index < -0.39 is 5.91 Å². The van der Waals surface area contributed by atoms with Gasteiger partial charge in [-0.1, -0.05) is 49.7 Å². The number of nitrogens with one attached hydrogen (secondary N) is 1. The minimum Gasteiger partial charge on any atom is -0.330 e. The van der Waals surface area contributed by atoms with E-state index in [9.17, 15) is 9.59 Å². The van der Waals surface area contributed by atoms with E-state index in [1.165, 1.54) is 4.90 Å². The van der Waals surface area contributed by atoms with Gasteiger partial charge in [-0.25, -0.2) is 9.67 Å². The predicted octanol–water partition coefficient (Wildman–Crippen LogP) is 4.34. The quantitative estimate of drug-likeness (QED) is 0.627. The molecule has 1 aromatic heterocycles. The van der Waals surface area contributed by atoms with E-state index in [1.807, 2.05) is 64.1 Å². The molecule has 3 rings (SSSR count). The van der Waals surface area contributed by atoms with E-state index in [1.54, 1.807) is 11.7 Å². The number of hydrogen-bond donors (Lipinski definition) is 1. The lowest BCUT2D eigenvalue weighted by molar-refractivity contribution is -0.116. The summed E-state index contributed by atoms with van der Waals surface area (Å²) in [5.74, 6) is 0.317. The van der Waals surface area contributed by atoms with Crippen LogP contribution >= 0.6 is 0 Å². The minimum absolute atomic E-state index is 0.0686. The summed E-state index contributed by atoms with van der Waals surface area (Å²) in [4.78, 5) is 31.2. The molecule has 0 aliphatic heterocycles. The lowest BCUT2D eigenvalue weighted by Gasteiger charge is -2.17. The van der Waals surface area contributed by atoms with Gasteiger partial charge < -0.3 is 10.2 Å². The van der Waals surface area contributed by atoms with Gasteiger partial charge in [0.15, 0.2) is 0 Å². The number of carbonyl (C=O) groups is 2. The van der Waals surface area contributed by atoms with Crippen molar-refractivity contribution in [3.05, 3.63) is 70.3 Å². The molecule has 0 aliphatic rings. The Bertz CT molecular complexity index is 1140. The molecule has 0 bridgehead atoms. The Morgan fingerprint density at radius 1 is 1.06 bits per heavy atom. The number of likely N-dealkylation sites (N-methyl/N-ethyl adjacent to an activating group) is 1. The fourth-order valence-electron chi connectivity index (χ4n) is 3.89. The van der Waals surface area contributed by atoms with Crippen LogP contribution in [0.2, 0.25) is 0 Å². The van der Waals surface area contributed by atoms with Crippen molar-refractivity contribution in [1.82, 2.24) is 19.7 Å². The van der Waals surface area contributed by atoms with Gasteiger partial charge in [-0.3, -0.25) is 9.59 Å². The molecular formula is C25H31N5O2. The van der Waals surface area contributed by atoms with Gasteiger partial charge in [0.05, 0.1) is 12.2 Å². The molecule has 3 aromatic rings. The van der Waals surface area contributed by atoms with Crippen LogP contribution in [0.4, 0.5) is 5.69 Å². The Kier molecular flexibility index (Phi) is 6.77. The van der Waals surface area contributed by atoms with Gasteiger partial charge in [0, 0.05) is 12.7 Å². The Labute approximate surface area is 189 Å². The van der Waals surface area contributed by atoms with Gasteiger partial charge in [0.1, 0.15) is 5.82 Å². The summed E-state index contributed by atoms with van der Waals surface area (Å²) in [5, 5.41) is 7.38. The van der Waals surface area contributed by atoms with Gasteiger partial charge in [-0.2, -0.15) is 0 Å². The molecule has 2 aromatic carbocycles. The Morgan fingerprint density at radius 2 is 1.69 bits per heavy atom. The summed E-state index contributed by atoms with van der Waals surface area (Å²) in [6, 6.07) is 12.0. The average Bonchev–Trinajstić information content (AvgIpc) is 3.11. The fraction of sp³-hybridized carbons (Fsp3) is 0.360. The molecule has 168 valence electrons. The second-order valence-electron chi connectivity index (χ2n) is 8.59. The van der Waals surface area contributed by atoms with Crippen LogP contribution in [0.1, 0.15) is 58.5 Å². The number of benzene rings is 2. The molecule has 0 radical (unpaired) electrons. The van der Waals surface area contributed by atoms with Crippen LogP contribution in [-0.4, -0.2) is 45.1 Å². The smallest absolute Gasteiger partial charge is 0.293 e. The SMILES string of the molecule is Cc1cc(C)c(NC(=O)CN(C)C(=O)c2nc(C)n(-c3ccccc3C(C)C)n2)c(C)c1. The first-order chi connectivity index (χ1) is 15.1. The van der Waals surface area contributed by atoms with Crippen LogP contribution in [0.25, 0.3) is 5.69 Å². The second kappa shape index (κ2) is 9.34. The summed E-state index contributed by atoms with van der Waals surface area (Å²) >= 11 is 0. The van der Waals surface area contributed by atoms with Crippen LogP contribution in [0, 0.1) is 27.7 Å². The number of anilines is 1. The van der Waals surface area contributed by atoms with Crippen molar-refractivity contribution in [1.29, 1.82) is 0 Å². The summed E-state index contributed by atoms with van der Waals surface area (Å²) in [7, 11) is 1.58. The van der Waals surface area contributed by atoms with Crippen LogP contribution in [0.15, 0.2) is 36.4 Å². The predicted molar refractivity (Wildman–Crippen MR) is 126 cm³/mol. The number of hydrogen-bond acceptors (Lipinski definition) is 4. The van der Waals surface area contributed by atoms with E-state index in [0.717, 1.165) is 33.6 Å². The van der Waals surface area contributed by atoms with Gasteiger partial charge in [-0.15, -0.1) is 5.10 Å². The molecule has 0 fully saturated rings. The topological polar surface area (TPSA) is 80.1 Å². The largest absolute Gasteiger partial charge is 0.330 e. The first-order valence-electron chi connectivity index (χ1n) is 10.7. The number of aromatic nitrogens is 3. The Morgan fingerprint density at radius 3 is 2.31 bits per heavy atom. The number of nitrogens with zero attached hydrogens (tertiary/aromatic N) is 4. The molecule has 0 saturated carbocycles. The standard InChI is InChI=1S/C25H31N5O2/c1-15(2)20-10-8-9-11-21(20)30-19(6)26-24(28-30)25(32)29(7)14-22(31)27-23-17(4)12-16(3)13-18(23)5/h8-13,15H,14H2,1-7H3,(H,27,31). The Balaban J connectivity index is 1.76. The van der Waals surface area contributed by atoms with E-state index in [-0.39, 0.29) is 18.3 Å². The maximum atomic E-state index is 12.9. The van der Waals surface area contributed by atoms with Gasteiger partial charge in [0.2, 0.25) is 11.7 Å². The fourth-order valence-corrected chi connectivity index (χ4v) is 3.89. The number of aryl methyl sites for hydroxylation is 4. The summed E-state index contributed by atoms with van der Waals surface area (Å²) in [6.45, 7) is 11.9. The molecule has 7 heteroatoms. The minimum atomic E-state index is -0.402. The molecule has 32 heavy (non-hydrogen) atoms. The monoisotopic (exact) mass is 433 g/mol. The Hall–Kier alpha value is -3.48. The van der Waals surface area contributed by atoms with Crippen LogP contribution in [0.3, 0.4) is 0 Å². The molecule has 2 amide bonds. The van der Waals surface area contributed by atoms with Gasteiger partial charge in [0.25, 0.3) is 5.91 Å². The zero-order chi connectivity index (χ0) is 23.6. The first kappa shape index (κ1) is 23.2. The molecule has 1 heterocycles. The molecule has 0 aliphatic carbocycles. The first-order valence-corrected chi connectivity index (χ1v) is 10.7. The van der Waals surface area contributed by atoms with Crippen molar-refractivity contribution in [3.8, 4) is 5.69 Å². The van der Waals surface area contributed by atoms with Crippen molar-refractivity contribution in [2.45, 2.75) is 47.5 Å². The maximum absolute atomic E-state index is 12.9. The van der Waals surface area contributed by atoms with E-state index in [4.69, 9.17) is 0 Å². The summed E-state index contributed by atoms with van der Waals surface area (Å²) < 4.78 is 1.69. The third-order valence-electron chi connectivity index (χ3n) is 5.42. The highest BCUT2D eigenvalue weighted by Crippen LogP contribution is 2.24. The maximum Gasteiger partial charge on any atom is 0.293 e. The van der Waals surface area contributed by atoms with Crippen molar-refractivity contribution >= 4 is 17.5 Å². The number of amides is 2. The highest BCUT2D eigenvalue weighted by Gasteiger charge is 2.22. The summed E-state index contributed by atoms with van der Waals surface area (Å²) in [6.07, 6.45) is 0. The number of rotatable bonds is 6. The molecule has 0 saturated heterocycles. The molecule has 7 nitrogen and oxygen atoms in total. The number of carbonyl (C=O) groups excluding carboxylic acids is 2. The highest BCUT2D eigenvalue weighted by molar-refractivity contribution is 5.98. The molecule has 1 N–H and O–H groups in total. The van der Waals surface area contributed by atoms with Crippen LogP contribution < -0.4 is 5.32 Å². The zero-order valence-electron chi connectivity index (χ0n) is 19.9. The zero-order valence-corrected chi connectivity index (χ0v) is 19.9. The van der Waals surface area contributed by atoms with Crippen LogP contribution in [-0.2, 0) is 4.79 Å². The number of para-hydroxylation sites is 1. The van der Waals surface area contributed by atoms with E-state index in [0.29, 0.717) is 11.7 Å². The van der Waals surface area contributed by atoms with E-state index in [2.05, 4.69) is 29.2 Å². The van der Waals surface area contributed by atoms with Gasteiger partial charge in [-0.05, 0) is 56.4 Å². The third-order valence-corrected chi connectivity index (χ3v) is 5.42. The molecule has 0 atom stereocenters. The van der Waals surface area contributed by atoms with Crippen LogP contribution in [0.5, 0.6) is 0 Å². The van der Waals surface area contributed by atoms with Crippen molar-refractivity contribution < 1.29 is 9.59 Å². The highest BCUT2D eigenvalue weighted by atomic mass is 16.2. The molecule has 0 spiro atoms.